The second-order valence-electron chi connectivity index (χ2n) is 10.3. The highest BCUT2D eigenvalue weighted by Crippen LogP contribution is 2.28. The third-order valence-corrected chi connectivity index (χ3v) is 6.69. The third-order valence-electron chi connectivity index (χ3n) is 6.69. The van der Waals surface area contributed by atoms with Gasteiger partial charge in [0.2, 0.25) is 6.54 Å². The van der Waals surface area contributed by atoms with Crippen molar-refractivity contribution in [3.8, 4) is 0 Å². The predicted molar refractivity (Wildman–Crippen MR) is 169 cm³/mol. The van der Waals surface area contributed by atoms with Crippen molar-refractivity contribution in [3.05, 3.63) is 132 Å². The molecule has 0 atom stereocenters. The fraction of sp³-hybridized carbons (Fsp3) is 0.171. The molecule has 0 radical (unpaired) electrons. The van der Waals surface area contributed by atoms with Crippen LogP contribution in [-0.2, 0) is 16.1 Å². The first-order chi connectivity index (χ1) is 19.7. The molecule has 1 heterocycles. The number of nitrogens with zero attached hydrogens (tertiary/aromatic N) is 3. The number of pyridine rings is 1. The summed E-state index contributed by atoms with van der Waals surface area (Å²) in [5, 5.41) is 3.02. The van der Waals surface area contributed by atoms with Gasteiger partial charge < -0.3 is 15.1 Å². The molecule has 3 aromatic carbocycles. The molecule has 0 saturated carbocycles. The van der Waals surface area contributed by atoms with Gasteiger partial charge in [-0.1, -0.05) is 48.5 Å². The number of amides is 1. The van der Waals surface area contributed by atoms with Gasteiger partial charge in [-0.2, -0.15) is 4.57 Å². The lowest BCUT2D eigenvalue weighted by molar-refractivity contribution is -0.684. The van der Waals surface area contributed by atoms with Gasteiger partial charge in [0.15, 0.2) is 18.2 Å². The van der Waals surface area contributed by atoms with Crippen LogP contribution in [0.1, 0.15) is 23.6 Å². The van der Waals surface area contributed by atoms with Gasteiger partial charge in [0.25, 0.3) is 5.91 Å². The fourth-order valence-corrected chi connectivity index (χ4v) is 4.43. The van der Waals surface area contributed by atoms with E-state index < -0.39 is 0 Å². The highest BCUT2D eigenvalue weighted by Gasteiger charge is 2.15. The lowest BCUT2D eigenvalue weighted by atomic mass is 9.95. The SMILES string of the molecule is CC(=O)C[n+]1ccc(/C(=C\C=C(c2ccc(N(C)C)cc2)c2ccc(N(C)C)cc2)C(=O)Nc2ccccc2)cc1. The lowest BCUT2D eigenvalue weighted by Crippen LogP contribution is -2.36. The van der Waals surface area contributed by atoms with E-state index in [4.69, 9.17) is 0 Å². The number of benzene rings is 3. The number of hydrogen-bond acceptors (Lipinski definition) is 4. The molecule has 1 N–H and O–H groups in total. The molecule has 0 bridgehead atoms. The molecule has 0 saturated heterocycles. The Bertz CT molecular complexity index is 1480. The molecule has 0 aliphatic heterocycles. The van der Waals surface area contributed by atoms with Crippen LogP contribution < -0.4 is 19.7 Å². The van der Waals surface area contributed by atoms with E-state index in [-0.39, 0.29) is 18.2 Å². The Morgan fingerprint density at radius 2 is 1.20 bits per heavy atom. The quantitative estimate of drug-likeness (QED) is 0.154. The predicted octanol–water partition coefficient (Wildman–Crippen LogP) is 5.85. The lowest BCUT2D eigenvalue weighted by Gasteiger charge is -2.16. The minimum atomic E-state index is -0.220. The number of nitrogens with one attached hydrogen (secondary N) is 1. The molecular formula is C35H37N4O2+. The van der Waals surface area contributed by atoms with Crippen molar-refractivity contribution in [1.29, 1.82) is 0 Å². The summed E-state index contributed by atoms with van der Waals surface area (Å²) in [6.45, 7) is 1.84. The number of rotatable bonds is 10. The van der Waals surface area contributed by atoms with Gasteiger partial charge in [-0.25, -0.2) is 0 Å². The Labute approximate surface area is 242 Å². The molecule has 0 fully saturated rings. The molecule has 1 aromatic heterocycles. The van der Waals surface area contributed by atoms with E-state index in [0.29, 0.717) is 11.3 Å². The Morgan fingerprint density at radius 3 is 1.66 bits per heavy atom. The number of ketones is 1. The third kappa shape index (κ3) is 7.79. The maximum Gasteiger partial charge on any atom is 0.256 e. The largest absolute Gasteiger partial charge is 0.378 e. The molecule has 0 spiro atoms. The van der Waals surface area contributed by atoms with Crippen molar-refractivity contribution in [2.24, 2.45) is 0 Å². The molecule has 4 rings (SSSR count). The molecule has 4 aromatic rings. The van der Waals surface area contributed by atoms with Gasteiger partial charge in [0.05, 0.1) is 0 Å². The number of anilines is 3. The number of aromatic nitrogens is 1. The molecule has 0 aliphatic rings. The highest BCUT2D eigenvalue weighted by atomic mass is 16.1. The first-order valence-corrected chi connectivity index (χ1v) is 13.5. The van der Waals surface area contributed by atoms with Crippen molar-refractivity contribution in [2.45, 2.75) is 13.5 Å². The zero-order valence-corrected chi connectivity index (χ0v) is 24.3. The van der Waals surface area contributed by atoms with Crippen molar-refractivity contribution in [3.63, 3.8) is 0 Å². The maximum atomic E-state index is 13.6. The monoisotopic (exact) mass is 545 g/mol. The fourth-order valence-electron chi connectivity index (χ4n) is 4.43. The van der Waals surface area contributed by atoms with Crippen molar-refractivity contribution < 1.29 is 14.2 Å². The van der Waals surface area contributed by atoms with E-state index in [2.05, 4.69) is 63.6 Å². The van der Waals surface area contributed by atoms with Gasteiger partial charge in [0.1, 0.15) is 0 Å². The standard InChI is InChI=1S/C35H36N4O2/c1-26(40)25-39-23-21-29(22-24-39)34(35(41)36-30-9-7-6-8-10-30)20-19-33(27-11-15-31(16-12-27)37(2)3)28-13-17-32(18-14-28)38(4)5/h6-24H,25H2,1-5H3/p+1. The van der Waals surface area contributed by atoms with Crippen molar-refractivity contribution in [2.75, 3.05) is 43.3 Å². The highest BCUT2D eigenvalue weighted by molar-refractivity contribution is 6.25. The average molecular weight is 546 g/mol. The van der Waals surface area contributed by atoms with Gasteiger partial charge in [0, 0.05) is 69.9 Å². The van der Waals surface area contributed by atoms with Crippen LogP contribution >= 0.6 is 0 Å². The second-order valence-corrected chi connectivity index (χ2v) is 10.3. The minimum absolute atomic E-state index is 0.0634. The number of carbonyl (C=O) groups is 2. The number of hydrogen-bond donors (Lipinski definition) is 1. The van der Waals surface area contributed by atoms with E-state index in [0.717, 1.165) is 33.6 Å². The van der Waals surface area contributed by atoms with E-state index in [1.165, 1.54) is 0 Å². The van der Waals surface area contributed by atoms with Gasteiger partial charge >= 0.3 is 0 Å². The number of para-hydroxylation sites is 1. The van der Waals surface area contributed by atoms with E-state index in [1.54, 1.807) is 11.5 Å². The topological polar surface area (TPSA) is 56.5 Å². The summed E-state index contributed by atoms with van der Waals surface area (Å²) in [7, 11) is 8.08. The Hall–Kier alpha value is -4.97. The zero-order chi connectivity index (χ0) is 29.4. The van der Waals surface area contributed by atoms with E-state index in [1.807, 2.05) is 95.2 Å². The number of carbonyl (C=O) groups excluding carboxylic acids is 2. The first-order valence-electron chi connectivity index (χ1n) is 13.5. The molecule has 208 valence electrons. The molecule has 0 unspecified atom stereocenters. The zero-order valence-electron chi connectivity index (χ0n) is 24.3. The smallest absolute Gasteiger partial charge is 0.256 e. The first kappa shape index (κ1) is 29.0. The molecule has 6 heteroatoms. The van der Waals surface area contributed by atoms with Crippen LogP contribution in [0.4, 0.5) is 17.1 Å². The van der Waals surface area contributed by atoms with Crippen LogP contribution in [0, 0.1) is 0 Å². The Morgan fingerprint density at radius 1 is 0.683 bits per heavy atom. The summed E-state index contributed by atoms with van der Waals surface area (Å²) in [4.78, 5) is 29.4. The van der Waals surface area contributed by atoms with Gasteiger partial charge in [-0.05, 0) is 64.7 Å². The molecule has 41 heavy (non-hydrogen) atoms. The Balaban J connectivity index is 1.81. The normalized spacial score (nSPS) is 11.0. The van der Waals surface area contributed by atoms with Gasteiger partial charge in [-0.15, -0.1) is 0 Å². The molecule has 6 nitrogen and oxygen atoms in total. The van der Waals surface area contributed by atoms with Gasteiger partial charge in [-0.3, -0.25) is 9.59 Å². The Kier molecular flexibility index (Phi) is 9.48. The average Bonchev–Trinajstić information content (AvgIpc) is 2.96. The molecule has 1 amide bonds. The summed E-state index contributed by atoms with van der Waals surface area (Å²) in [5.74, 6) is -0.157. The number of allylic oxidation sites excluding steroid dienone is 2. The van der Waals surface area contributed by atoms with Crippen LogP contribution in [0.15, 0.2) is 116 Å². The van der Waals surface area contributed by atoms with Crippen LogP contribution in [0.2, 0.25) is 0 Å². The number of Topliss-reactive ketones (excluding diaryl/α,β-unsaturated/α-hetero) is 1. The molecule has 0 aliphatic carbocycles. The summed E-state index contributed by atoms with van der Waals surface area (Å²) in [6.07, 6.45) is 7.53. The summed E-state index contributed by atoms with van der Waals surface area (Å²) in [5.41, 5.74) is 7.27. The van der Waals surface area contributed by atoms with E-state index in [9.17, 15) is 9.59 Å². The second kappa shape index (κ2) is 13.4. The van der Waals surface area contributed by atoms with E-state index >= 15 is 0 Å². The van der Waals surface area contributed by atoms with Crippen LogP contribution in [0.25, 0.3) is 11.1 Å². The summed E-state index contributed by atoms with van der Waals surface area (Å²) in [6, 6.07) is 29.9. The van der Waals surface area contributed by atoms with Crippen LogP contribution in [0.5, 0.6) is 0 Å². The van der Waals surface area contributed by atoms with Crippen LogP contribution in [-0.4, -0.2) is 39.9 Å². The molecular weight excluding hydrogens is 508 g/mol. The van der Waals surface area contributed by atoms with Crippen molar-refractivity contribution in [1.82, 2.24) is 0 Å². The van der Waals surface area contributed by atoms with Crippen molar-refractivity contribution >= 4 is 39.9 Å². The summed E-state index contributed by atoms with van der Waals surface area (Å²) >= 11 is 0. The minimum Gasteiger partial charge on any atom is -0.378 e. The van der Waals surface area contributed by atoms with Crippen LogP contribution in [0.3, 0.4) is 0 Å². The maximum absolute atomic E-state index is 13.6. The summed E-state index contributed by atoms with van der Waals surface area (Å²) < 4.78 is 1.80.